The number of fused-ring (bicyclic) bond motifs is 1. The van der Waals surface area contributed by atoms with Crippen LogP contribution in [0.15, 0.2) is 78.9 Å². The number of carbonyl (C=O) groups is 2. The number of hydroxylamine groups is 1. The molecular formula is C25H21ClN2O4. The van der Waals surface area contributed by atoms with E-state index in [2.05, 4.69) is 0 Å². The minimum Gasteiger partial charge on any atom is -0.494 e. The summed E-state index contributed by atoms with van der Waals surface area (Å²) in [6.45, 7) is 2.39. The highest BCUT2D eigenvalue weighted by molar-refractivity contribution is 6.31. The van der Waals surface area contributed by atoms with E-state index >= 15 is 0 Å². The Bertz CT molecular complexity index is 1150. The maximum Gasteiger partial charge on any atom is 0.266 e. The Morgan fingerprint density at radius 3 is 2.28 bits per heavy atom. The maximum atomic E-state index is 13.6. The van der Waals surface area contributed by atoms with Gasteiger partial charge < -0.3 is 4.74 Å². The minimum atomic E-state index is -0.932. The lowest BCUT2D eigenvalue weighted by Crippen LogP contribution is -2.37. The Morgan fingerprint density at radius 2 is 1.56 bits per heavy atom. The molecule has 0 bridgehead atoms. The zero-order valence-electron chi connectivity index (χ0n) is 17.4. The van der Waals surface area contributed by atoms with Crippen molar-refractivity contribution in [3.05, 3.63) is 89.4 Å². The first-order valence-electron chi connectivity index (χ1n) is 10.5. The summed E-state index contributed by atoms with van der Waals surface area (Å²) >= 11 is 5.99. The normalized spacial score (nSPS) is 22.4. The number of benzene rings is 3. The fraction of sp³-hybridized carbons (Fsp3) is 0.200. The number of anilines is 2. The zero-order valence-corrected chi connectivity index (χ0v) is 18.1. The van der Waals surface area contributed by atoms with Crippen molar-refractivity contribution in [1.29, 1.82) is 0 Å². The number of amides is 2. The van der Waals surface area contributed by atoms with Crippen LogP contribution in [0.4, 0.5) is 11.4 Å². The number of ether oxygens (including phenoxy) is 1. The number of rotatable bonds is 5. The molecule has 2 fully saturated rings. The molecule has 0 radical (unpaired) electrons. The van der Waals surface area contributed by atoms with Gasteiger partial charge in [0.1, 0.15) is 11.7 Å². The molecule has 0 N–H and O–H groups in total. The molecule has 32 heavy (non-hydrogen) atoms. The van der Waals surface area contributed by atoms with Gasteiger partial charge in [-0.15, -0.1) is 0 Å². The SMILES string of the molecule is CCOc1ccccc1[C@@H]1[C@H]2C(=O)N(c3ccc(Cl)cc3)C(=O)[C@H]2ON1c1ccccc1. The number of hydrogen-bond acceptors (Lipinski definition) is 5. The van der Waals surface area contributed by atoms with E-state index in [0.29, 0.717) is 23.1 Å². The van der Waals surface area contributed by atoms with Crippen LogP contribution in [0.3, 0.4) is 0 Å². The van der Waals surface area contributed by atoms with Crippen LogP contribution in [0.1, 0.15) is 18.5 Å². The van der Waals surface area contributed by atoms with Crippen molar-refractivity contribution >= 4 is 34.8 Å². The van der Waals surface area contributed by atoms with Crippen molar-refractivity contribution in [3.8, 4) is 5.75 Å². The molecule has 7 heteroatoms. The molecule has 2 aliphatic heterocycles. The molecule has 0 unspecified atom stereocenters. The van der Waals surface area contributed by atoms with Gasteiger partial charge in [0.05, 0.1) is 24.0 Å². The van der Waals surface area contributed by atoms with E-state index in [9.17, 15) is 9.59 Å². The summed E-state index contributed by atoms with van der Waals surface area (Å²) in [4.78, 5) is 34.3. The Hall–Kier alpha value is -3.35. The molecule has 3 atom stereocenters. The first kappa shape index (κ1) is 20.5. The highest BCUT2D eigenvalue weighted by Crippen LogP contribution is 2.49. The van der Waals surface area contributed by atoms with Gasteiger partial charge in [-0.2, -0.15) is 0 Å². The maximum absolute atomic E-state index is 13.6. The fourth-order valence-electron chi connectivity index (χ4n) is 4.39. The third kappa shape index (κ3) is 3.32. The summed E-state index contributed by atoms with van der Waals surface area (Å²) in [5, 5.41) is 2.20. The van der Waals surface area contributed by atoms with Crippen molar-refractivity contribution in [2.24, 2.45) is 5.92 Å². The minimum absolute atomic E-state index is 0.308. The number of halogens is 1. The van der Waals surface area contributed by atoms with E-state index < -0.39 is 18.1 Å². The lowest BCUT2D eigenvalue weighted by molar-refractivity contribution is -0.126. The van der Waals surface area contributed by atoms with Gasteiger partial charge in [-0.05, 0) is 49.4 Å². The summed E-state index contributed by atoms with van der Waals surface area (Å²) in [5.74, 6) is -0.757. The lowest BCUT2D eigenvalue weighted by Gasteiger charge is -2.29. The largest absolute Gasteiger partial charge is 0.494 e. The van der Waals surface area contributed by atoms with Crippen LogP contribution in [0.25, 0.3) is 0 Å². The molecule has 6 nitrogen and oxygen atoms in total. The summed E-state index contributed by atoms with van der Waals surface area (Å²) in [7, 11) is 0. The van der Waals surface area contributed by atoms with E-state index in [0.717, 1.165) is 11.3 Å². The van der Waals surface area contributed by atoms with Gasteiger partial charge in [0, 0.05) is 10.6 Å². The third-order valence-electron chi connectivity index (χ3n) is 5.75. The first-order valence-corrected chi connectivity index (χ1v) is 10.8. The van der Waals surface area contributed by atoms with Crippen LogP contribution < -0.4 is 14.7 Å². The van der Waals surface area contributed by atoms with Gasteiger partial charge >= 0.3 is 0 Å². The summed E-state index contributed by atoms with van der Waals surface area (Å²) in [5.41, 5.74) is 2.03. The molecule has 3 aromatic rings. The van der Waals surface area contributed by atoms with Gasteiger partial charge in [-0.1, -0.05) is 48.0 Å². The average Bonchev–Trinajstić information content (AvgIpc) is 3.32. The van der Waals surface area contributed by atoms with Gasteiger partial charge in [0.25, 0.3) is 5.91 Å². The van der Waals surface area contributed by atoms with E-state index in [1.807, 2.05) is 61.5 Å². The standard InChI is InChI=1S/C25H21ClN2O4/c1-2-31-20-11-7-6-10-19(20)22-21-23(32-28(22)18-8-4-3-5-9-18)25(30)27(24(21)29)17-14-12-16(26)13-15-17/h3-15,21-23H,2H2,1H3/t21-,22-,23+/m1/s1. The van der Waals surface area contributed by atoms with Crippen LogP contribution in [0.2, 0.25) is 5.02 Å². The second-order valence-electron chi connectivity index (χ2n) is 7.62. The molecule has 2 aliphatic rings. The van der Waals surface area contributed by atoms with Crippen molar-refractivity contribution < 1.29 is 19.2 Å². The van der Waals surface area contributed by atoms with Gasteiger partial charge in [0.2, 0.25) is 5.91 Å². The van der Waals surface area contributed by atoms with Crippen LogP contribution >= 0.6 is 11.6 Å². The predicted molar refractivity (Wildman–Crippen MR) is 122 cm³/mol. The number of imide groups is 1. The molecule has 3 aromatic carbocycles. The van der Waals surface area contributed by atoms with Crippen molar-refractivity contribution in [1.82, 2.24) is 0 Å². The smallest absolute Gasteiger partial charge is 0.266 e. The Morgan fingerprint density at radius 1 is 0.875 bits per heavy atom. The molecule has 162 valence electrons. The van der Waals surface area contributed by atoms with Gasteiger partial charge in [-0.25, -0.2) is 9.96 Å². The molecule has 2 heterocycles. The number of carbonyl (C=O) groups excluding carboxylic acids is 2. The monoisotopic (exact) mass is 448 g/mol. The van der Waals surface area contributed by atoms with Gasteiger partial charge in [-0.3, -0.25) is 14.4 Å². The topological polar surface area (TPSA) is 59.1 Å². The molecule has 5 rings (SSSR count). The van der Waals surface area contributed by atoms with Gasteiger partial charge in [0.15, 0.2) is 6.10 Å². The second-order valence-corrected chi connectivity index (χ2v) is 8.05. The number of nitrogens with zero attached hydrogens (tertiary/aromatic N) is 2. The predicted octanol–water partition coefficient (Wildman–Crippen LogP) is 4.79. The summed E-state index contributed by atoms with van der Waals surface area (Å²) < 4.78 is 5.86. The molecule has 2 amide bonds. The highest BCUT2D eigenvalue weighted by Gasteiger charge is 2.60. The molecule has 0 aromatic heterocycles. The lowest BCUT2D eigenvalue weighted by atomic mass is 9.90. The van der Waals surface area contributed by atoms with E-state index in [1.165, 1.54) is 4.90 Å². The van der Waals surface area contributed by atoms with Crippen molar-refractivity contribution in [3.63, 3.8) is 0 Å². The first-order chi connectivity index (χ1) is 15.6. The molecule has 0 spiro atoms. The zero-order chi connectivity index (χ0) is 22.2. The van der Waals surface area contributed by atoms with Crippen LogP contribution in [-0.2, 0) is 14.4 Å². The van der Waals surface area contributed by atoms with E-state index in [1.54, 1.807) is 29.3 Å². The summed E-state index contributed by atoms with van der Waals surface area (Å²) in [6.07, 6.45) is -0.932. The summed E-state index contributed by atoms with van der Waals surface area (Å²) in [6, 6.07) is 23.2. The van der Waals surface area contributed by atoms with E-state index in [-0.39, 0.29) is 11.8 Å². The van der Waals surface area contributed by atoms with Crippen LogP contribution in [0.5, 0.6) is 5.75 Å². The molecular weight excluding hydrogens is 428 g/mol. The van der Waals surface area contributed by atoms with Crippen LogP contribution in [0, 0.1) is 5.92 Å². The van der Waals surface area contributed by atoms with Crippen molar-refractivity contribution in [2.75, 3.05) is 16.6 Å². The Labute approximate surface area is 190 Å². The molecule has 0 saturated carbocycles. The molecule has 0 aliphatic carbocycles. The fourth-order valence-corrected chi connectivity index (χ4v) is 4.51. The Balaban J connectivity index is 1.61. The number of hydrogen-bond donors (Lipinski definition) is 0. The Kier molecular flexibility index (Phi) is 5.33. The highest BCUT2D eigenvalue weighted by atomic mass is 35.5. The quantitative estimate of drug-likeness (QED) is 0.525. The van der Waals surface area contributed by atoms with E-state index in [4.69, 9.17) is 21.2 Å². The average molecular weight is 449 g/mol. The third-order valence-corrected chi connectivity index (χ3v) is 6.00. The van der Waals surface area contributed by atoms with Crippen LogP contribution in [-0.4, -0.2) is 24.5 Å². The van der Waals surface area contributed by atoms with Crippen molar-refractivity contribution in [2.45, 2.75) is 19.1 Å². The number of para-hydroxylation sites is 2. The molecule has 2 saturated heterocycles. The second kappa shape index (κ2) is 8.30.